The van der Waals surface area contributed by atoms with Gasteiger partial charge in [-0.25, -0.2) is 0 Å². The second-order valence-corrected chi connectivity index (χ2v) is 9.42. The van der Waals surface area contributed by atoms with Gasteiger partial charge in [-0.05, 0) is 55.3 Å². The Balaban J connectivity index is 0.000000372. The molecule has 7 heteroatoms. The van der Waals surface area contributed by atoms with Gasteiger partial charge in [0.05, 0.1) is 5.56 Å². The molecule has 208 valence electrons. The maximum Gasteiger partial charge on any atom is 0.416 e. The first kappa shape index (κ1) is 33.2. The van der Waals surface area contributed by atoms with Crippen molar-refractivity contribution in [1.82, 2.24) is 5.32 Å². The van der Waals surface area contributed by atoms with Crippen molar-refractivity contribution in [2.24, 2.45) is 4.99 Å². The average Bonchev–Trinajstić information content (AvgIpc) is 2.92. The van der Waals surface area contributed by atoms with Gasteiger partial charge in [0.15, 0.2) is 0 Å². The number of rotatable bonds is 3. The summed E-state index contributed by atoms with van der Waals surface area (Å²) in [5.41, 5.74) is 3.76. The van der Waals surface area contributed by atoms with Gasteiger partial charge in [0.2, 0.25) is 0 Å². The first-order valence-corrected chi connectivity index (χ1v) is 13.9. The molecule has 4 rings (SSSR count). The Bertz CT molecular complexity index is 1140. The van der Waals surface area contributed by atoms with Gasteiger partial charge in [-0.2, -0.15) is 13.2 Å². The monoisotopic (exact) mass is 591 g/mol. The fourth-order valence-corrected chi connectivity index (χ4v) is 4.10. The SMILES string of the molecule is CC.CCCCC.CN=C1NC(c2ccccc2C(F)(F)F)Nc2ccccc21.Cc1ccc(Br)cc1C. The van der Waals surface area contributed by atoms with E-state index in [0.29, 0.717) is 5.84 Å². The zero-order valence-corrected chi connectivity index (χ0v) is 25.1. The third-order valence-corrected chi connectivity index (χ3v) is 6.23. The van der Waals surface area contributed by atoms with E-state index in [-0.39, 0.29) is 5.56 Å². The molecule has 0 radical (unpaired) electrons. The first-order valence-electron chi connectivity index (χ1n) is 13.1. The number of benzene rings is 3. The highest BCUT2D eigenvalue weighted by Gasteiger charge is 2.36. The highest BCUT2D eigenvalue weighted by molar-refractivity contribution is 9.10. The number of aryl methyl sites for hydroxylation is 2. The smallest absolute Gasteiger partial charge is 0.361 e. The molecule has 1 heterocycles. The Morgan fingerprint density at radius 1 is 0.842 bits per heavy atom. The fraction of sp³-hybridized carbons (Fsp3) is 0.387. The largest absolute Gasteiger partial charge is 0.416 e. The van der Waals surface area contributed by atoms with E-state index in [2.05, 4.69) is 77.4 Å². The molecule has 3 aromatic carbocycles. The van der Waals surface area contributed by atoms with Gasteiger partial charge in [0.25, 0.3) is 0 Å². The van der Waals surface area contributed by atoms with Crippen LogP contribution >= 0.6 is 15.9 Å². The molecule has 2 N–H and O–H groups in total. The van der Waals surface area contributed by atoms with E-state index in [0.717, 1.165) is 21.8 Å². The molecule has 0 spiro atoms. The average molecular weight is 593 g/mol. The van der Waals surface area contributed by atoms with Gasteiger partial charge in [-0.1, -0.05) is 99.3 Å². The fourth-order valence-electron chi connectivity index (χ4n) is 3.63. The van der Waals surface area contributed by atoms with Crippen molar-refractivity contribution in [3.63, 3.8) is 0 Å². The van der Waals surface area contributed by atoms with Crippen molar-refractivity contribution in [3.05, 3.63) is 99.0 Å². The molecule has 0 saturated heterocycles. The number of amidine groups is 1. The molecule has 3 nitrogen and oxygen atoms in total. The Morgan fingerprint density at radius 3 is 1.97 bits per heavy atom. The summed E-state index contributed by atoms with van der Waals surface area (Å²) in [6, 6.07) is 19.2. The molecule has 1 atom stereocenters. The molecule has 0 aromatic heterocycles. The quantitative estimate of drug-likeness (QED) is 0.318. The van der Waals surface area contributed by atoms with Crippen molar-refractivity contribution >= 4 is 27.5 Å². The maximum absolute atomic E-state index is 13.2. The topological polar surface area (TPSA) is 36.4 Å². The minimum absolute atomic E-state index is 0.144. The molecule has 1 aliphatic rings. The highest BCUT2D eigenvalue weighted by Crippen LogP contribution is 2.36. The van der Waals surface area contributed by atoms with Crippen LogP contribution in [0.2, 0.25) is 0 Å². The van der Waals surface area contributed by atoms with Gasteiger partial charge < -0.3 is 10.6 Å². The van der Waals surface area contributed by atoms with E-state index in [4.69, 9.17) is 0 Å². The summed E-state index contributed by atoms with van der Waals surface area (Å²) in [6.07, 6.45) is -1.01. The molecule has 3 aromatic rings. The Kier molecular flexibility index (Phi) is 14.8. The van der Waals surface area contributed by atoms with Crippen LogP contribution in [0.4, 0.5) is 18.9 Å². The van der Waals surface area contributed by atoms with Gasteiger partial charge in [0, 0.05) is 28.3 Å². The van der Waals surface area contributed by atoms with E-state index in [1.165, 1.54) is 42.5 Å². The van der Waals surface area contributed by atoms with Crippen LogP contribution < -0.4 is 10.6 Å². The first-order chi connectivity index (χ1) is 18.1. The Labute approximate surface area is 235 Å². The number of para-hydroxylation sites is 1. The Hall–Kier alpha value is -2.80. The summed E-state index contributed by atoms with van der Waals surface area (Å²) in [7, 11) is 1.61. The van der Waals surface area contributed by atoms with Gasteiger partial charge in [-0.3, -0.25) is 4.99 Å². The van der Waals surface area contributed by atoms with Gasteiger partial charge >= 0.3 is 6.18 Å². The van der Waals surface area contributed by atoms with Crippen LogP contribution in [0, 0.1) is 13.8 Å². The third-order valence-electron chi connectivity index (χ3n) is 5.74. The van der Waals surface area contributed by atoms with Gasteiger partial charge in [-0.15, -0.1) is 0 Å². The number of nitrogens with zero attached hydrogens (tertiary/aromatic N) is 1. The summed E-state index contributed by atoms with van der Waals surface area (Å²) < 4.78 is 40.7. The normalized spacial score (nSPS) is 14.7. The van der Waals surface area contributed by atoms with Crippen molar-refractivity contribution in [2.75, 3.05) is 12.4 Å². The lowest BCUT2D eigenvalue weighted by Gasteiger charge is -2.31. The second kappa shape index (κ2) is 16.9. The van der Waals surface area contributed by atoms with E-state index >= 15 is 0 Å². The predicted octanol–water partition coefficient (Wildman–Crippen LogP) is 10.1. The predicted molar refractivity (Wildman–Crippen MR) is 160 cm³/mol. The van der Waals surface area contributed by atoms with Crippen LogP contribution in [0.25, 0.3) is 0 Å². The molecule has 1 aliphatic heterocycles. The standard InChI is InChI=1S/C16H14F3N3.C8H9Br.C5H12.C2H6/c1-20-14-11-7-3-5-9-13(11)21-15(22-14)10-6-2-4-8-12(10)16(17,18)19;1-6-3-4-8(9)5-7(6)2;1-3-5-4-2;1-2/h2-9,15,21H,1H3,(H,20,22);3-5H,1-2H3;3-5H2,1-2H3;1-2H3. The van der Waals surface area contributed by atoms with Crippen molar-refractivity contribution in [2.45, 2.75) is 73.1 Å². The molecule has 0 amide bonds. The van der Waals surface area contributed by atoms with Crippen LogP contribution in [0.5, 0.6) is 0 Å². The third kappa shape index (κ3) is 10.2. The number of fused-ring (bicyclic) bond motifs is 1. The number of aliphatic imine (C=N–C) groups is 1. The molecular formula is C31H41BrF3N3. The van der Waals surface area contributed by atoms with E-state index < -0.39 is 17.9 Å². The second-order valence-electron chi connectivity index (χ2n) is 8.51. The molecular weight excluding hydrogens is 551 g/mol. The molecule has 1 unspecified atom stereocenters. The summed E-state index contributed by atoms with van der Waals surface area (Å²) in [4.78, 5) is 4.14. The molecule has 0 saturated carbocycles. The van der Waals surface area contributed by atoms with Gasteiger partial charge in [0.1, 0.15) is 12.0 Å². The van der Waals surface area contributed by atoms with Crippen LogP contribution in [-0.2, 0) is 6.18 Å². The zero-order chi connectivity index (χ0) is 28.7. The minimum Gasteiger partial charge on any atom is -0.361 e. The summed E-state index contributed by atoms with van der Waals surface area (Å²) in [5.74, 6) is 0.566. The highest BCUT2D eigenvalue weighted by atomic mass is 79.9. The molecule has 0 aliphatic carbocycles. The maximum atomic E-state index is 13.2. The zero-order valence-electron chi connectivity index (χ0n) is 23.5. The summed E-state index contributed by atoms with van der Waals surface area (Å²) in [5, 5.41) is 6.13. The van der Waals surface area contributed by atoms with Crippen molar-refractivity contribution < 1.29 is 13.2 Å². The summed E-state index contributed by atoms with van der Waals surface area (Å²) >= 11 is 3.40. The Morgan fingerprint density at radius 2 is 1.45 bits per heavy atom. The summed E-state index contributed by atoms with van der Waals surface area (Å²) in [6.45, 7) is 12.6. The number of halogens is 4. The lowest BCUT2D eigenvalue weighted by molar-refractivity contribution is -0.138. The number of unbranched alkanes of at least 4 members (excludes halogenated alkanes) is 2. The van der Waals surface area contributed by atoms with Crippen molar-refractivity contribution in [1.29, 1.82) is 0 Å². The number of alkyl halides is 3. The lowest BCUT2D eigenvalue weighted by Crippen LogP contribution is -2.39. The number of hydrogen-bond acceptors (Lipinski definition) is 2. The molecule has 0 bridgehead atoms. The van der Waals surface area contributed by atoms with E-state index in [9.17, 15) is 13.2 Å². The minimum atomic E-state index is -4.40. The number of hydrogen-bond donors (Lipinski definition) is 2. The van der Waals surface area contributed by atoms with Crippen LogP contribution in [0.1, 0.15) is 80.9 Å². The van der Waals surface area contributed by atoms with Crippen molar-refractivity contribution in [3.8, 4) is 0 Å². The lowest BCUT2D eigenvalue weighted by atomic mass is 10.0. The number of anilines is 1. The van der Waals surface area contributed by atoms with E-state index in [1.807, 2.05) is 38.1 Å². The van der Waals surface area contributed by atoms with Crippen LogP contribution in [-0.4, -0.2) is 12.9 Å². The van der Waals surface area contributed by atoms with Crippen LogP contribution in [0.3, 0.4) is 0 Å². The van der Waals surface area contributed by atoms with Crippen LogP contribution in [0.15, 0.2) is 76.2 Å². The molecule has 38 heavy (non-hydrogen) atoms. The van der Waals surface area contributed by atoms with E-state index in [1.54, 1.807) is 13.1 Å². The number of nitrogens with one attached hydrogen (secondary N) is 2. The molecule has 0 fully saturated rings.